The number of tetrazole rings is 1. The van der Waals surface area contributed by atoms with Crippen LogP contribution < -0.4 is 5.73 Å². The summed E-state index contributed by atoms with van der Waals surface area (Å²) in [5.41, 5.74) is 7.37. The van der Waals surface area contributed by atoms with Crippen LogP contribution in [0.1, 0.15) is 5.82 Å². The van der Waals surface area contributed by atoms with Crippen LogP contribution in [0.15, 0.2) is 30.5 Å². The Bertz CT molecular complexity index is 623. The van der Waals surface area contributed by atoms with Gasteiger partial charge in [0.05, 0.1) is 6.54 Å². The van der Waals surface area contributed by atoms with Crippen molar-refractivity contribution in [3.8, 4) is 5.69 Å². The summed E-state index contributed by atoms with van der Waals surface area (Å²) in [5, 5.41) is 13.0. The number of H-pyrrole nitrogens is 1. The summed E-state index contributed by atoms with van der Waals surface area (Å²) in [4.78, 5) is 4.64. The smallest absolute Gasteiger partial charge is 0.188 e. The molecule has 0 bridgehead atoms. The zero-order valence-corrected chi connectivity index (χ0v) is 8.46. The van der Waals surface area contributed by atoms with E-state index in [9.17, 15) is 0 Å². The lowest BCUT2D eigenvalue weighted by Gasteiger charge is -1.94. The summed E-state index contributed by atoms with van der Waals surface area (Å²) in [5.74, 6) is 0.533. The fraction of sp³-hybridized carbons (Fsp3) is 0.100. The van der Waals surface area contributed by atoms with Gasteiger partial charge in [0.1, 0.15) is 5.69 Å². The largest absolute Gasteiger partial charge is 0.359 e. The van der Waals surface area contributed by atoms with Crippen molar-refractivity contribution < 1.29 is 0 Å². The van der Waals surface area contributed by atoms with E-state index in [1.54, 1.807) is 0 Å². The summed E-state index contributed by atoms with van der Waals surface area (Å²) in [6, 6.07) is 7.95. The zero-order valence-electron chi connectivity index (χ0n) is 8.46. The second-order valence-corrected chi connectivity index (χ2v) is 3.42. The SMILES string of the molecule is NCc1nnn(-c2c[nH]c3ccccc23)n1. The van der Waals surface area contributed by atoms with Crippen molar-refractivity contribution in [2.24, 2.45) is 5.73 Å². The molecule has 0 saturated carbocycles. The predicted octanol–water partition coefficient (Wildman–Crippen LogP) is 0.602. The molecule has 6 heteroatoms. The first-order valence-electron chi connectivity index (χ1n) is 4.94. The highest BCUT2D eigenvalue weighted by Crippen LogP contribution is 2.19. The van der Waals surface area contributed by atoms with Crippen LogP contribution in [0.3, 0.4) is 0 Å². The average molecular weight is 214 g/mol. The van der Waals surface area contributed by atoms with Crippen LogP contribution in [-0.2, 0) is 6.54 Å². The van der Waals surface area contributed by atoms with Crippen LogP contribution in [0.2, 0.25) is 0 Å². The van der Waals surface area contributed by atoms with Crippen molar-refractivity contribution in [3.63, 3.8) is 0 Å². The predicted molar refractivity (Wildman–Crippen MR) is 58.9 cm³/mol. The number of aromatic amines is 1. The van der Waals surface area contributed by atoms with E-state index in [1.807, 2.05) is 30.5 Å². The van der Waals surface area contributed by atoms with E-state index in [0.717, 1.165) is 16.6 Å². The molecule has 2 heterocycles. The third kappa shape index (κ3) is 1.28. The molecular formula is C10H10N6. The summed E-state index contributed by atoms with van der Waals surface area (Å²) < 4.78 is 0. The molecule has 6 nitrogen and oxygen atoms in total. The number of fused-ring (bicyclic) bond motifs is 1. The Labute approximate surface area is 91.1 Å². The molecule has 0 unspecified atom stereocenters. The molecule has 1 aromatic carbocycles. The Morgan fingerprint density at radius 1 is 1.31 bits per heavy atom. The highest BCUT2D eigenvalue weighted by Gasteiger charge is 2.08. The van der Waals surface area contributed by atoms with E-state index in [0.29, 0.717) is 12.4 Å². The molecule has 0 aliphatic rings. The van der Waals surface area contributed by atoms with Gasteiger partial charge in [-0.2, -0.15) is 0 Å². The van der Waals surface area contributed by atoms with Gasteiger partial charge in [0, 0.05) is 17.1 Å². The van der Waals surface area contributed by atoms with Crippen molar-refractivity contribution >= 4 is 10.9 Å². The van der Waals surface area contributed by atoms with Gasteiger partial charge in [0.2, 0.25) is 0 Å². The van der Waals surface area contributed by atoms with Crippen molar-refractivity contribution in [1.29, 1.82) is 0 Å². The lowest BCUT2D eigenvalue weighted by Crippen LogP contribution is -2.01. The number of aromatic nitrogens is 5. The minimum Gasteiger partial charge on any atom is -0.359 e. The Kier molecular flexibility index (Phi) is 1.94. The second kappa shape index (κ2) is 3.42. The van der Waals surface area contributed by atoms with Crippen molar-refractivity contribution in [1.82, 2.24) is 25.2 Å². The van der Waals surface area contributed by atoms with Crippen LogP contribution in [0.4, 0.5) is 0 Å². The van der Waals surface area contributed by atoms with Gasteiger partial charge in [-0.25, -0.2) is 0 Å². The van der Waals surface area contributed by atoms with Crippen molar-refractivity contribution in [2.45, 2.75) is 6.54 Å². The van der Waals surface area contributed by atoms with Crippen LogP contribution >= 0.6 is 0 Å². The van der Waals surface area contributed by atoms with Crippen LogP contribution in [0.25, 0.3) is 16.6 Å². The summed E-state index contributed by atoms with van der Waals surface area (Å²) in [6.07, 6.45) is 1.85. The van der Waals surface area contributed by atoms with E-state index in [4.69, 9.17) is 5.73 Å². The quantitative estimate of drug-likeness (QED) is 0.654. The molecule has 0 aliphatic carbocycles. The maximum atomic E-state index is 5.44. The van der Waals surface area contributed by atoms with Crippen molar-refractivity contribution in [3.05, 3.63) is 36.3 Å². The van der Waals surface area contributed by atoms with E-state index in [1.165, 1.54) is 4.80 Å². The van der Waals surface area contributed by atoms with Gasteiger partial charge >= 0.3 is 0 Å². The Morgan fingerprint density at radius 3 is 3.00 bits per heavy atom. The number of para-hydroxylation sites is 1. The lowest BCUT2D eigenvalue weighted by atomic mass is 10.2. The minimum absolute atomic E-state index is 0.294. The molecule has 16 heavy (non-hydrogen) atoms. The minimum atomic E-state index is 0.294. The van der Waals surface area contributed by atoms with Crippen molar-refractivity contribution in [2.75, 3.05) is 0 Å². The number of hydrogen-bond donors (Lipinski definition) is 2. The fourth-order valence-electron chi connectivity index (χ4n) is 1.65. The van der Waals surface area contributed by atoms with Crippen LogP contribution in [-0.4, -0.2) is 25.2 Å². The molecular weight excluding hydrogens is 204 g/mol. The summed E-state index contributed by atoms with van der Waals surface area (Å²) in [6.45, 7) is 0.294. The molecule has 3 rings (SSSR count). The molecule has 0 saturated heterocycles. The van der Waals surface area contributed by atoms with E-state index < -0.39 is 0 Å². The van der Waals surface area contributed by atoms with Gasteiger partial charge in [0.25, 0.3) is 0 Å². The lowest BCUT2D eigenvalue weighted by molar-refractivity contribution is 0.722. The number of rotatable bonds is 2. The average Bonchev–Trinajstić information content (AvgIpc) is 2.94. The fourth-order valence-corrected chi connectivity index (χ4v) is 1.65. The molecule has 0 amide bonds. The molecule has 0 fully saturated rings. The Balaban J connectivity index is 2.18. The standard InChI is InChI=1S/C10H10N6/c11-5-10-13-15-16(14-10)9-6-12-8-4-2-1-3-7(8)9/h1-4,6,12H,5,11H2. The van der Waals surface area contributed by atoms with E-state index >= 15 is 0 Å². The third-order valence-electron chi connectivity index (χ3n) is 2.42. The van der Waals surface area contributed by atoms with E-state index in [-0.39, 0.29) is 0 Å². The van der Waals surface area contributed by atoms with Gasteiger partial charge in [-0.1, -0.05) is 18.2 Å². The zero-order chi connectivity index (χ0) is 11.0. The highest BCUT2D eigenvalue weighted by molar-refractivity contribution is 5.87. The Hall–Kier alpha value is -2.21. The first-order chi connectivity index (χ1) is 7.88. The Morgan fingerprint density at radius 2 is 2.19 bits per heavy atom. The molecule has 2 aromatic heterocycles. The molecule has 3 aromatic rings. The summed E-state index contributed by atoms with van der Waals surface area (Å²) in [7, 11) is 0. The molecule has 0 spiro atoms. The molecule has 0 radical (unpaired) electrons. The number of nitrogens with two attached hydrogens (primary N) is 1. The van der Waals surface area contributed by atoms with Crippen LogP contribution in [0, 0.1) is 0 Å². The van der Waals surface area contributed by atoms with Gasteiger partial charge in [-0.05, 0) is 11.3 Å². The number of nitrogens with one attached hydrogen (secondary N) is 1. The van der Waals surface area contributed by atoms with Gasteiger partial charge in [0.15, 0.2) is 5.82 Å². The monoisotopic (exact) mass is 214 g/mol. The number of benzene rings is 1. The maximum Gasteiger partial charge on any atom is 0.188 e. The highest BCUT2D eigenvalue weighted by atomic mass is 15.6. The number of hydrogen-bond acceptors (Lipinski definition) is 4. The van der Waals surface area contributed by atoms with Gasteiger partial charge in [-0.15, -0.1) is 15.0 Å². The second-order valence-electron chi connectivity index (χ2n) is 3.42. The molecule has 3 N–H and O–H groups in total. The first-order valence-corrected chi connectivity index (χ1v) is 4.94. The number of nitrogens with zero attached hydrogens (tertiary/aromatic N) is 4. The van der Waals surface area contributed by atoms with Crippen LogP contribution in [0.5, 0.6) is 0 Å². The molecule has 0 aliphatic heterocycles. The molecule has 80 valence electrons. The van der Waals surface area contributed by atoms with Gasteiger partial charge in [-0.3, -0.25) is 0 Å². The topological polar surface area (TPSA) is 85.4 Å². The van der Waals surface area contributed by atoms with E-state index in [2.05, 4.69) is 20.4 Å². The first kappa shape index (κ1) is 9.05. The normalized spacial score (nSPS) is 11.1. The van der Waals surface area contributed by atoms with Gasteiger partial charge < -0.3 is 10.7 Å². The maximum absolute atomic E-state index is 5.44. The summed E-state index contributed by atoms with van der Waals surface area (Å²) >= 11 is 0. The molecule has 0 atom stereocenters. The third-order valence-corrected chi connectivity index (χ3v) is 2.42.